The molecule has 3 heterocycles. The maximum atomic E-state index is 12.8. The van der Waals surface area contributed by atoms with Gasteiger partial charge in [0.2, 0.25) is 0 Å². The van der Waals surface area contributed by atoms with E-state index >= 15 is 0 Å². The van der Waals surface area contributed by atoms with Crippen LogP contribution in [0.5, 0.6) is 0 Å². The Bertz CT molecular complexity index is 1030. The summed E-state index contributed by atoms with van der Waals surface area (Å²) in [6.07, 6.45) is 5.78. The van der Waals surface area contributed by atoms with Gasteiger partial charge >= 0.3 is 0 Å². The Kier molecular flexibility index (Phi) is 4.12. The van der Waals surface area contributed by atoms with E-state index in [-0.39, 0.29) is 17.5 Å². The van der Waals surface area contributed by atoms with Crippen LogP contribution in [0.15, 0.2) is 59.9 Å². The Balaban J connectivity index is 1.62. The topological polar surface area (TPSA) is 82.1 Å². The van der Waals surface area contributed by atoms with Crippen molar-refractivity contribution in [1.82, 2.24) is 14.5 Å². The third-order valence-electron chi connectivity index (χ3n) is 4.79. The lowest BCUT2D eigenvalue weighted by Gasteiger charge is -2.33. The zero-order valence-corrected chi connectivity index (χ0v) is 14.1. The summed E-state index contributed by atoms with van der Waals surface area (Å²) in [5.41, 5.74) is 0.931. The van der Waals surface area contributed by atoms with Gasteiger partial charge in [-0.05, 0) is 31.0 Å². The molecule has 7 heteroatoms. The number of carbonyl (C=O) groups excluding carboxylic acids is 1. The molecule has 2 aromatic heterocycles. The Labute approximate surface area is 149 Å². The Morgan fingerprint density at radius 1 is 1.23 bits per heavy atom. The third-order valence-corrected chi connectivity index (χ3v) is 4.79. The summed E-state index contributed by atoms with van der Waals surface area (Å²) < 4.78 is 2.24. The van der Waals surface area contributed by atoms with Gasteiger partial charge in [-0.25, -0.2) is 4.98 Å². The molecule has 0 N–H and O–H groups in total. The summed E-state index contributed by atoms with van der Waals surface area (Å²) in [4.78, 5) is 31.6. The first-order valence-corrected chi connectivity index (χ1v) is 8.57. The third kappa shape index (κ3) is 2.92. The van der Waals surface area contributed by atoms with E-state index in [1.54, 1.807) is 34.0 Å². The number of aromatic nitrogens is 3. The number of pyridine rings is 1. The van der Waals surface area contributed by atoms with Crippen LogP contribution in [-0.2, 0) is 0 Å². The second-order valence-corrected chi connectivity index (χ2v) is 6.47. The van der Waals surface area contributed by atoms with Crippen molar-refractivity contribution >= 4 is 16.8 Å². The number of benzene rings is 1. The van der Waals surface area contributed by atoms with E-state index in [0.29, 0.717) is 34.3 Å². The van der Waals surface area contributed by atoms with Crippen LogP contribution in [0.25, 0.3) is 10.9 Å². The predicted octanol–water partition coefficient (Wildman–Crippen LogP) is 1.51. The number of rotatable bonds is 2. The molecule has 1 aromatic carbocycles. The second-order valence-electron chi connectivity index (χ2n) is 6.47. The normalized spacial score (nSPS) is 17.4. The van der Waals surface area contributed by atoms with Crippen LogP contribution < -0.4 is 10.3 Å². The van der Waals surface area contributed by atoms with E-state index in [1.807, 2.05) is 18.2 Å². The van der Waals surface area contributed by atoms with Crippen molar-refractivity contribution in [2.75, 3.05) is 13.1 Å². The quantitative estimate of drug-likeness (QED) is 0.518. The minimum atomic E-state index is -0.193. The first-order chi connectivity index (χ1) is 12.6. The Morgan fingerprint density at radius 2 is 2.08 bits per heavy atom. The standard InChI is InChI=1S/C19H18N4O3/c24-18(14-5-3-10-22(26)11-14)21-9-4-6-15(12-21)23-13-20-17-8-2-1-7-16(17)19(23)25/h1-3,5,7-8,10-11,13,15H,4,6,9,12H2. The van der Waals surface area contributed by atoms with Crippen molar-refractivity contribution in [3.63, 3.8) is 0 Å². The summed E-state index contributed by atoms with van der Waals surface area (Å²) in [7, 11) is 0. The van der Waals surface area contributed by atoms with E-state index in [9.17, 15) is 14.8 Å². The SMILES string of the molecule is O=C(c1ccc[n+]([O-])c1)N1CCCC(n2cnc3ccccc3c2=O)C1. The number of piperidine rings is 1. The fourth-order valence-corrected chi connectivity index (χ4v) is 3.47. The van der Waals surface area contributed by atoms with Crippen molar-refractivity contribution in [3.05, 3.63) is 76.2 Å². The fraction of sp³-hybridized carbons (Fsp3) is 0.263. The molecule has 4 rings (SSSR count). The largest absolute Gasteiger partial charge is 0.619 e. The summed E-state index contributed by atoms with van der Waals surface area (Å²) in [5, 5.41) is 12.0. The summed E-state index contributed by atoms with van der Waals surface area (Å²) >= 11 is 0. The maximum Gasteiger partial charge on any atom is 0.261 e. The number of hydrogen-bond acceptors (Lipinski definition) is 4. The van der Waals surface area contributed by atoms with E-state index in [1.165, 1.54) is 12.4 Å². The van der Waals surface area contributed by atoms with Gasteiger partial charge in [0.05, 0.1) is 23.3 Å². The van der Waals surface area contributed by atoms with Gasteiger partial charge in [0.25, 0.3) is 11.5 Å². The van der Waals surface area contributed by atoms with Crippen molar-refractivity contribution in [3.8, 4) is 0 Å². The number of fused-ring (bicyclic) bond motifs is 1. The molecular formula is C19H18N4O3. The number of carbonyl (C=O) groups is 1. The molecule has 0 radical (unpaired) electrons. The van der Waals surface area contributed by atoms with Crippen LogP contribution in [0, 0.1) is 5.21 Å². The van der Waals surface area contributed by atoms with Gasteiger partial charge in [0.1, 0.15) is 5.56 Å². The smallest absolute Gasteiger partial charge is 0.261 e. The molecule has 0 spiro atoms. The number of hydrogen-bond donors (Lipinski definition) is 0. The molecule has 132 valence electrons. The minimum absolute atomic E-state index is 0.0907. The first kappa shape index (κ1) is 16.3. The minimum Gasteiger partial charge on any atom is -0.619 e. The molecule has 0 saturated carbocycles. The molecule has 1 unspecified atom stereocenters. The second kappa shape index (κ2) is 6.59. The number of likely N-dealkylation sites (tertiary alicyclic amines) is 1. The van der Waals surface area contributed by atoms with Crippen LogP contribution in [-0.4, -0.2) is 33.4 Å². The predicted molar refractivity (Wildman–Crippen MR) is 95.6 cm³/mol. The average molecular weight is 350 g/mol. The molecule has 1 aliphatic rings. The highest BCUT2D eigenvalue weighted by Gasteiger charge is 2.27. The molecule has 1 fully saturated rings. The molecule has 0 bridgehead atoms. The molecule has 26 heavy (non-hydrogen) atoms. The van der Waals surface area contributed by atoms with E-state index in [2.05, 4.69) is 4.98 Å². The number of amides is 1. The highest BCUT2D eigenvalue weighted by atomic mass is 16.5. The van der Waals surface area contributed by atoms with Crippen molar-refractivity contribution in [2.24, 2.45) is 0 Å². The van der Waals surface area contributed by atoms with Gasteiger partial charge in [-0.3, -0.25) is 14.2 Å². The summed E-state index contributed by atoms with van der Waals surface area (Å²) in [6.45, 7) is 1.03. The van der Waals surface area contributed by atoms with Crippen molar-refractivity contribution < 1.29 is 9.52 Å². The van der Waals surface area contributed by atoms with E-state index in [0.717, 1.165) is 12.8 Å². The van der Waals surface area contributed by atoms with E-state index < -0.39 is 0 Å². The molecule has 3 aromatic rings. The first-order valence-electron chi connectivity index (χ1n) is 8.57. The lowest BCUT2D eigenvalue weighted by atomic mass is 10.0. The van der Waals surface area contributed by atoms with Crippen LogP contribution in [0.4, 0.5) is 0 Å². The van der Waals surface area contributed by atoms with Crippen LogP contribution in [0.1, 0.15) is 29.2 Å². The van der Waals surface area contributed by atoms with Gasteiger partial charge < -0.3 is 10.1 Å². The highest BCUT2D eigenvalue weighted by molar-refractivity contribution is 5.93. The molecule has 1 saturated heterocycles. The van der Waals surface area contributed by atoms with Gasteiger partial charge in [-0.1, -0.05) is 12.1 Å². The van der Waals surface area contributed by atoms with Crippen LogP contribution in [0.2, 0.25) is 0 Å². The summed E-state index contributed by atoms with van der Waals surface area (Å²) in [6, 6.07) is 10.3. The monoisotopic (exact) mass is 350 g/mol. The molecule has 0 aliphatic carbocycles. The summed E-state index contributed by atoms with van der Waals surface area (Å²) in [5.74, 6) is -0.193. The van der Waals surface area contributed by atoms with Gasteiger partial charge in [0, 0.05) is 19.2 Å². The van der Waals surface area contributed by atoms with Crippen LogP contribution in [0.3, 0.4) is 0 Å². The average Bonchev–Trinajstić information content (AvgIpc) is 2.68. The van der Waals surface area contributed by atoms with Gasteiger partial charge in [0.15, 0.2) is 12.4 Å². The zero-order chi connectivity index (χ0) is 18.1. The highest BCUT2D eigenvalue weighted by Crippen LogP contribution is 2.22. The fourth-order valence-electron chi connectivity index (χ4n) is 3.47. The lowest BCUT2D eigenvalue weighted by Crippen LogP contribution is -2.43. The van der Waals surface area contributed by atoms with Gasteiger partial charge in [-0.2, -0.15) is 4.73 Å². The molecular weight excluding hydrogens is 332 g/mol. The number of para-hydroxylation sites is 1. The molecule has 1 atom stereocenters. The van der Waals surface area contributed by atoms with Crippen molar-refractivity contribution in [2.45, 2.75) is 18.9 Å². The Morgan fingerprint density at radius 3 is 2.92 bits per heavy atom. The molecule has 1 amide bonds. The lowest BCUT2D eigenvalue weighted by molar-refractivity contribution is -0.605. The Hall–Kier alpha value is -3.22. The van der Waals surface area contributed by atoms with Crippen molar-refractivity contribution in [1.29, 1.82) is 0 Å². The van der Waals surface area contributed by atoms with E-state index in [4.69, 9.17) is 0 Å². The zero-order valence-electron chi connectivity index (χ0n) is 14.1. The molecule has 1 aliphatic heterocycles. The number of nitrogens with zero attached hydrogens (tertiary/aromatic N) is 4. The van der Waals surface area contributed by atoms with Crippen LogP contribution >= 0.6 is 0 Å². The van der Waals surface area contributed by atoms with Gasteiger partial charge in [-0.15, -0.1) is 0 Å². The molecule has 7 nitrogen and oxygen atoms in total. The maximum absolute atomic E-state index is 12.8.